The summed E-state index contributed by atoms with van der Waals surface area (Å²) < 4.78 is 12.9. The Kier molecular flexibility index (Phi) is 5.28. The molecule has 1 fully saturated rings. The fourth-order valence-corrected chi connectivity index (χ4v) is 3.14. The molecule has 6 nitrogen and oxygen atoms in total. The van der Waals surface area contributed by atoms with Crippen molar-refractivity contribution in [3.8, 4) is 0 Å². The summed E-state index contributed by atoms with van der Waals surface area (Å²) >= 11 is 0. The molecule has 6 heteroatoms. The maximum atomic E-state index is 12.5. The summed E-state index contributed by atoms with van der Waals surface area (Å²) in [7, 11) is 0. The highest BCUT2D eigenvalue weighted by molar-refractivity contribution is 6.00. The summed E-state index contributed by atoms with van der Waals surface area (Å²) in [6, 6.07) is 4.97. The summed E-state index contributed by atoms with van der Waals surface area (Å²) in [6.45, 7) is 5.18. The predicted molar refractivity (Wildman–Crippen MR) is 91.7 cm³/mol. The van der Waals surface area contributed by atoms with Gasteiger partial charge in [0.1, 0.15) is 0 Å². The van der Waals surface area contributed by atoms with Crippen molar-refractivity contribution in [1.29, 1.82) is 0 Å². The molecule has 1 atom stereocenters. The van der Waals surface area contributed by atoms with Gasteiger partial charge in [0.2, 0.25) is 5.78 Å². The molecule has 0 aromatic carbocycles. The van der Waals surface area contributed by atoms with Gasteiger partial charge in [-0.25, -0.2) is 4.79 Å². The largest absolute Gasteiger partial charge is 0.454 e. The van der Waals surface area contributed by atoms with Gasteiger partial charge in [0.15, 0.2) is 6.61 Å². The third-order valence-corrected chi connectivity index (χ3v) is 4.53. The first-order valence-corrected chi connectivity index (χ1v) is 8.45. The van der Waals surface area contributed by atoms with E-state index in [1.54, 1.807) is 12.1 Å². The van der Waals surface area contributed by atoms with Crippen molar-refractivity contribution >= 4 is 11.8 Å². The molecule has 2 aromatic rings. The van der Waals surface area contributed by atoms with Crippen LogP contribution in [0.15, 0.2) is 30.6 Å². The van der Waals surface area contributed by atoms with Crippen molar-refractivity contribution in [2.45, 2.75) is 39.3 Å². The van der Waals surface area contributed by atoms with Gasteiger partial charge in [-0.15, -0.1) is 0 Å². The van der Waals surface area contributed by atoms with Crippen LogP contribution in [-0.4, -0.2) is 40.6 Å². The third-order valence-electron chi connectivity index (χ3n) is 4.53. The highest BCUT2D eigenvalue weighted by Gasteiger charge is 2.21. The van der Waals surface area contributed by atoms with E-state index in [4.69, 9.17) is 9.47 Å². The van der Waals surface area contributed by atoms with Gasteiger partial charge in [-0.1, -0.05) is 0 Å². The molecule has 0 radical (unpaired) electrons. The number of carbonyl (C=O) groups excluding carboxylic acids is 2. The number of ether oxygens (including phenoxy) is 2. The summed E-state index contributed by atoms with van der Waals surface area (Å²) in [5, 5.41) is 0. The van der Waals surface area contributed by atoms with Crippen LogP contribution in [0, 0.1) is 13.8 Å². The third kappa shape index (κ3) is 3.96. The first-order valence-electron chi connectivity index (χ1n) is 8.45. The number of esters is 1. The second-order valence-electron chi connectivity index (χ2n) is 6.27. The van der Waals surface area contributed by atoms with Crippen LogP contribution < -0.4 is 0 Å². The van der Waals surface area contributed by atoms with Crippen molar-refractivity contribution < 1.29 is 19.1 Å². The van der Waals surface area contributed by atoms with Crippen molar-refractivity contribution in [2.24, 2.45) is 0 Å². The minimum atomic E-state index is -0.524. The zero-order chi connectivity index (χ0) is 17.8. The maximum absolute atomic E-state index is 12.5. The smallest absolute Gasteiger partial charge is 0.338 e. The van der Waals surface area contributed by atoms with Gasteiger partial charge in [-0.3, -0.25) is 9.78 Å². The van der Waals surface area contributed by atoms with Gasteiger partial charge in [-0.2, -0.15) is 0 Å². The fourth-order valence-electron chi connectivity index (χ4n) is 3.14. The van der Waals surface area contributed by atoms with Crippen LogP contribution in [-0.2, 0) is 16.0 Å². The van der Waals surface area contributed by atoms with Crippen LogP contribution in [0.1, 0.15) is 44.9 Å². The standard InChI is InChI=1S/C19H22N2O4/c1-13-10-17(14(2)21(13)11-16-4-3-9-24-16)18(22)12-25-19(23)15-5-7-20-8-6-15/h5-8,10,16H,3-4,9,11-12H2,1-2H3/t16-/m1/s1. The number of hydrogen-bond donors (Lipinski definition) is 0. The van der Waals surface area contributed by atoms with Crippen LogP contribution in [0.3, 0.4) is 0 Å². The fraction of sp³-hybridized carbons (Fsp3) is 0.421. The van der Waals surface area contributed by atoms with E-state index in [0.29, 0.717) is 11.1 Å². The predicted octanol–water partition coefficient (Wildman–Crippen LogP) is 2.72. The van der Waals surface area contributed by atoms with E-state index in [2.05, 4.69) is 9.55 Å². The molecule has 3 heterocycles. The zero-order valence-corrected chi connectivity index (χ0v) is 14.5. The van der Waals surface area contributed by atoms with Crippen molar-refractivity contribution in [1.82, 2.24) is 9.55 Å². The molecule has 0 N–H and O–H groups in total. The number of aryl methyl sites for hydroxylation is 1. The van der Waals surface area contributed by atoms with Gasteiger partial charge in [0.25, 0.3) is 0 Å². The molecule has 0 saturated carbocycles. The lowest BCUT2D eigenvalue weighted by Gasteiger charge is -2.14. The van der Waals surface area contributed by atoms with Gasteiger partial charge < -0.3 is 14.0 Å². The Morgan fingerprint density at radius 2 is 2.08 bits per heavy atom. The molecule has 2 aromatic heterocycles. The van der Waals surface area contributed by atoms with Crippen molar-refractivity contribution in [2.75, 3.05) is 13.2 Å². The monoisotopic (exact) mass is 342 g/mol. The lowest BCUT2D eigenvalue weighted by atomic mass is 10.1. The Balaban J connectivity index is 1.65. The van der Waals surface area contributed by atoms with E-state index in [1.165, 1.54) is 12.4 Å². The number of aromatic nitrogens is 2. The number of hydrogen-bond acceptors (Lipinski definition) is 5. The lowest BCUT2D eigenvalue weighted by molar-refractivity contribution is 0.0474. The van der Waals surface area contributed by atoms with Crippen LogP contribution in [0.4, 0.5) is 0 Å². The van der Waals surface area contributed by atoms with Gasteiger partial charge in [-0.05, 0) is 44.9 Å². The molecular weight excluding hydrogens is 320 g/mol. The van der Waals surface area contributed by atoms with E-state index in [9.17, 15) is 9.59 Å². The van der Waals surface area contributed by atoms with Crippen molar-refractivity contribution in [3.05, 3.63) is 53.1 Å². The second kappa shape index (κ2) is 7.61. The molecule has 0 bridgehead atoms. The Morgan fingerprint density at radius 1 is 1.32 bits per heavy atom. The molecule has 0 spiro atoms. The molecule has 0 amide bonds. The molecule has 3 rings (SSSR count). The van der Waals surface area contributed by atoms with Crippen molar-refractivity contribution in [3.63, 3.8) is 0 Å². The normalized spacial score (nSPS) is 16.8. The topological polar surface area (TPSA) is 70.4 Å². The van der Waals surface area contributed by atoms with E-state index >= 15 is 0 Å². The first kappa shape index (κ1) is 17.4. The molecule has 0 aliphatic carbocycles. The van der Waals surface area contributed by atoms with Crippen LogP contribution in [0.25, 0.3) is 0 Å². The van der Waals surface area contributed by atoms with Crippen LogP contribution >= 0.6 is 0 Å². The summed E-state index contributed by atoms with van der Waals surface area (Å²) in [5.41, 5.74) is 2.87. The summed E-state index contributed by atoms with van der Waals surface area (Å²) in [6.07, 6.45) is 5.36. The minimum absolute atomic E-state index is 0.200. The van der Waals surface area contributed by atoms with E-state index in [-0.39, 0.29) is 18.5 Å². The van der Waals surface area contributed by atoms with Gasteiger partial charge in [0, 0.05) is 42.5 Å². The Morgan fingerprint density at radius 3 is 2.76 bits per heavy atom. The molecular formula is C19H22N2O4. The summed E-state index contributed by atoms with van der Waals surface area (Å²) in [5.74, 6) is -0.724. The lowest BCUT2D eigenvalue weighted by Crippen LogP contribution is -2.18. The van der Waals surface area contributed by atoms with E-state index in [1.807, 2.05) is 19.9 Å². The maximum Gasteiger partial charge on any atom is 0.338 e. The van der Waals surface area contributed by atoms with Gasteiger partial charge >= 0.3 is 5.97 Å². The SMILES string of the molecule is Cc1cc(C(=O)COC(=O)c2ccncc2)c(C)n1C[C@H]1CCCO1. The minimum Gasteiger partial charge on any atom is -0.454 e. The highest BCUT2D eigenvalue weighted by Crippen LogP contribution is 2.20. The molecule has 1 saturated heterocycles. The Hall–Kier alpha value is -2.47. The summed E-state index contributed by atoms with van der Waals surface area (Å²) in [4.78, 5) is 28.3. The average molecular weight is 342 g/mol. The molecule has 25 heavy (non-hydrogen) atoms. The number of rotatable bonds is 6. The number of nitrogens with zero attached hydrogens (tertiary/aromatic N) is 2. The van der Waals surface area contributed by atoms with Crippen LogP contribution in [0.5, 0.6) is 0 Å². The number of pyridine rings is 1. The molecule has 1 aliphatic heterocycles. The Labute approximate surface area is 146 Å². The molecule has 0 unspecified atom stereocenters. The number of ketones is 1. The van der Waals surface area contributed by atoms with Gasteiger partial charge in [0.05, 0.1) is 11.7 Å². The average Bonchev–Trinajstić information content (AvgIpc) is 3.24. The highest BCUT2D eigenvalue weighted by atomic mass is 16.5. The second-order valence-corrected chi connectivity index (χ2v) is 6.27. The number of Topliss-reactive ketones (excluding diaryl/α,β-unsaturated/α-hetero) is 1. The van der Waals surface area contributed by atoms with Crippen LogP contribution in [0.2, 0.25) is 0 Å². The van der Waals surface area contributed by atoms with E-state index < -0.39 is 5.97 Å². The number of carbonyl (C=O) groups is 2. The first-order chi connectivity index (χ1) is 12.1. The zero-order valence-electron chi connectivity index (χ0n) is 14.5. The molecule has 132 valence electrons. The molecule has 1 aliphatic rings. The van der Waals surface area contributed by atoms with E-state index in [0.717, 1.165) is 37.4 Å². The quantitative estimate of drug-likeness (QED) is 0.596. The Bertz CT molecular complexity index is 761.